The Labute approximate surface area is 192 Å². The van der Waals surface area contributed by atoms with Gasteiger partial charge in [-0.2, -0.15) is 0 Å². The van der Waals surface area contributed by atoms with Gasteiger partial charge in [-0.1, -0.05) is 42.1 Å². The molecule has 0 spiro atoms. The van der Waals surface area contributed by atoms with Crippen molar-refractivity contribution in [3.8, 4) is 0 Å². The first kappa shape index (κ1) is 24.0. The van der Waals surface area contributed by atoms with Crippen LogP contribution in [0, 0.1) is 6.92 Å². The van der Waals surface area contributed by atoms with E-state index in [-0.39, 0.29) is 16.8 Å². The molecule has 0 radical (unpaired) electrons. The molecule has 0 aliphatic heterocycles. The lowest BCUT2D eigenvalue weighted by Gasteiger charge is -2.14. The van der Waals surface area contributed by atoms with Crippen LogP contribution in [0.25, 0.3) is 0 Å². The number of sulfonamides is 1. The van der Waals surface area contributed by atoms with E-state index in [4.69, 9.17) is 0 Å². The highest BCUT2D eigenvalue weighted by Gasteiger charge is 2.20. The van der Waals surface area contributed by atoms with E-state index in [2.05, 4.69) is 20.2 Å². The number of carbonyl (C=O) groups excluding carboxylic acids is 1. The summed E-state index contributed by atoms with van der Waals surface area (Å²) in [6, 6.07) is 15.9. The third kappa shape index (κ3) is 6.18. The summed E-state index contributed by atoms with van der Waals surface area (Å²) in [6.07, 6.45) is 0. The molecule has 1 aromatic heterocycles. The summed E-state index contributed by atoms with van der Waals surface area (Å²) in [4.78, 5) is 12.8. The van der Waals surface area contributed by atoms with Crippen molar-refractivity contribution in [2.45, 2.75) is 55.6 Å². The van der Waals surface area contributed by atoms with Crippen LogP contribution in [0.15, 0.2) is 64.6 Å². The molecule has 32 heavy (non-hydrogen) atoms. The number of nitrogens with one attached hydrogen (secondary N) is 2. The van der Waals surface area contributed by atoms with Crippen molar-refractivity contribution in [1.29, 1.82) is 0 Å². The monoisotopic (exact) mass is 473 g/mol. The largest absolute Gasteiger partial charge is 0.325 e. The number of anilines is 1. The van der Waals surface area contributed by atoms with Gasteiger partial charge in [-0.05, 0) is 57.5 Å². The number of rotatable bonds is 9. The zero-order valence-corrected chi connectivity index (χ0v) is 20.1. The van der Waals surface area contributed by atoms with Gasteiger partial charge >= 0.3 is 0 Å². The summed E-state index contributed by atoms with van der Waals surface area (Å²) in [5.74, 6) is 0.564. The predicted molar refractivity (Wildman–Crippen MR) is 126 cm³/mol. The average Bonchev–Trinajstić information content (AvgIpc) is 3.07. The smallest absolute Gasteiger partial charge is 0.240 e. The van der Waals surface area contributed by atoms with Crippen LogP contribution < -0.4 is 10.0 Å². The van der Waals surface area contributed by atoms with Crippen LogP contribution in [0.1, 0.15) is 32.2 Å². The van der Waals surface area contributed by atoms with Gasteiger partial charge in [0, 0.05) is 11.7 Å². The topological polar surface area (TPSA) is 106 Å². The fraction of sp³-hybridized carbons (Fsp3) is 0.318. The van der Waals surface area contributed by atoms with Crippen LogP contribution in [-0.2, 0) is 21.4 Å². The van der Waals surface area contributed by atoms with E-state index in [1.54, 1.807) is 32.9 Å². The Bertz CT molecular complexity index is 1160. The molecule has 0 saturated carbocycles. The van der Waals surface area contributed by atoms with Gasteiger partial charge in [-0.25, -0.2) is 13.1 Å². The summed E-state index contributed by atoms with van der Waals surface area (Å²) in [5.41, 5.74) is 1.64. The van der Waals surface area contributed by atoms with E-state index in [0.29, 0.717) is 17.4 Å². The fourth-order valence-electron chi connectivity index (χ4n) is 2.95. The molecule has 0 aliphatic rings. The molecule has 8 nitrogen and oxygen atoms in total. The highest BCUT2D eigenvalue weighted by Crippen LogP contribution is 2.24. The number of benzene rings is 2. The zero-order valence-electron chi connectivity index (χ0n) is 18.4. The van der Waals surface area contributed by atoms with Crippen molar-refractivity contribution in [3.05, 3.63) is 66.0 Å². The first-order chi connectivity index (χ1) is 15.2. The van der Waals surface area contributed by atoms with Crippen LogP contribution in [0.3, 0.4) is 0 Å². The number of carbonyl (C=O) groups is 1. The average molecular weight is 474 g/mol. The summed E-state index contributed by atoms with van der Waals surface area (Å²) < 4.78 is 29.0. The van der Waals surface area contributed by atoms with E-state index in [1.807, 2.05) is 41.8 Å². The van der Waals surface area contributed by atoms with E-state index in [9.17, 15) is 13.2 Å². The number of hydrogen-bond donors (Lipinski definition) is 2. The molecule has 0 aliphatic carbocycles. The third-order valence-electron chi connectivity index (χ3n) is 4.56. The second kappa shape index (κ2) is 10.3. The summed E-state index contributed by atoms with van der Waals surface area (Å²) in [6.45, 7) is 7.81. The van der Waals surface area contributed by atoms with Gasteiger partial charge in [0.1, 0.15) is 5.82 Å². The van der Waals surface area contributed by atoms with E-state index in [1.165, 1.54) is 23.9 Å². The molecular weight excluding hydrogens is 446 g/mol. The van der Waals surface area contributed by atoms with E-state index >= 15 is 0 Å². The predicted octanol–water partition coefficient (Wildman–Crippen LogP) is 3.44. The Morgan fingerprint density at radius 1 is 1.03 bits per heavy atom. The minimum Gasteiger partial charge on any atom is -0.325 e. The Morgan fingerprint density at radius 3 is 2.31 bits per heavy atom. The molecule has 0 fully saturated rings. The first-order valence-corrected chi connectivity index (χ1v) is 12.6. The minimum absolute atomic E-state index is 0.149. The van der Waals surface area contributed by atoms with Gasteiger partial charge in [0.25, 0.3) is 0 Å². The maximum atomic E-state index is 12.7. The van der Waals surface area contributed by atoms with Gasteiger partial charge in [0.05, 0.1) is 16.7 Å². The van der Waals surface area contributed by atoms with Gasteiger partial charge < -0.3 is 9.88 Å². The summed E-state index contributed by atoms with van der Waals surface area (Å²) >= 11 is 1.32. The van der Waals surface area contributed by atoms with Crippen LogP contribution in [0.5, 0.6) is 0 Å². The zero-order chi connectivity index (χ0) is 23.3. The van der Waals surface area contributed by atoms with Crippen molar-refractivity contribution in [2.24, 2.45) is 0 Å². The van der Waals surface area contributed by atoms with Crippen molar-refractivity contribution in [3.63, 3.8) is 0 Å². The molecule has 10 heteroatoms. The second-order valence-corrected chi connectivity index (χ2v) is 10.7. The second-order valence-electron chi connectivity index (χ2n) is 7.65. The molecule has 0 saturated heterocycles. The molecule has 3 aromatic rings. The maximum absolute atomic E-state index is 12.7. The molecule has 1 amide bonds. The molecule has 1 atom stereocenters. The standard InChI is InChI=1S/C22H27N5O3S2/c1-15(2)26-32(29,30)20-12-10-19(11-13-20)23-21(28)16(3)31-22-25-24-17(4)27(22)14-18-8-6-5-7-9-18/h5-13,15-16,26H,14H2,1-4H3,(H,23,28)/t16-/m1/s1. The van der Waals surface area contributed by atoms with Gasteiger partial charge in [-0.3, -0.25) is 4.79 Å². The molecule has 3 rings (SSSR count). The van der Waals surface area contributed by atoms with Gasteiger partial charge in [0.2, 0.25) is 15.9 Å². The van der Waals surface area contributed by atoms with Crippen LogP contribution in [0.4, 0.5) is 5.69 Å². The van der Waals surface area contributed by atoms with E-state index in [0.717, 1.165) is 11.4 Å². The normalized spacial score (nSPS) is 12.7. The summed E-state index contributed by atoms with van der Waals surface area (Å²) in [5, 5.41) is 11.4. The number of aromatic nitrogens is 3. The van der Waals surface area contributed by atoms with Crippen LogP contribution in [0.2, 0.25) is 0 Å². The minimum atomic E-state index is -3.57. The van der Waals surface area contributed by atoms with Crippen molar-refractivity contribution in [1.82, 2.24) is 19.5 Å². The lowest BCUT2D eigenvalue weighted by atomic mass is 10.2. The highest BCUT2D eigenvalue weighted by molar-refractivity contribution is 8.00. The molecule has 0 unspecified atom stereocenters. The number of aryl methyl sites for hydroxylation is 1. The van der Waals surface area contributed by atoms with Crippen molar-refractivity contribution in [2.75, 3.05) is 5.32 Å². The van der Waals surface area contributed by atoms with E-state index < -0.39 is 15.3 Å². The lowest BCUT2D eigenvalue weighted by Crippen LogP contribution is -2.30. The SMILES string of the molecule is Cc1nnc(S[C@H](C)C(=O)Nc2ccc(S(=O)(=O)NC(C)C)cc2)n1Cc1ccccc1. The molecule has 2 aromatic carbocycles. The number of thioether (sulfide) groups is 1. The van der Waals surface area contributed by atoms with Crippen molar-refractivity contribution >= 4 is 33.4 Å². The highest BCUT2D eigenvalue weighted by atomic mass is 32.2. The molecule has 2 N–H and O–H groups in total. The first-order valence-electron chi connectivity index (χ1n) is 10.2. The Kier molecular flexibility index (Phi) is 7.70. The molecule has 1 heterocycles. The van der Waals surface area contributed by atoms with Crippen LogP contribution >= 0.6 is 11.8 Å². The molecular formula is C22H27N5O3S2. The lowest BCUT2D eigenvalue weighted by molar-refractivity contribution is -0.115. The van der Waals surface area contributed by atoms with Crippen LogP contribution in [-0.4, -0.2) is 40.4 Å². The summed E-state index contributed by atoms with van der Waals surface area (Å²) in [7, 11) is -3.57. The van der Waals surface area contributed by atoms with Gasteiger partial charge in [-0.15, -0.1) is 10.2 Å². The van der Waals surface area contributed by atoms with Crippen molar-refractivity contribution < 1.29 is 13.2 Å². The Morgan fingerprint density at radius 2 is 1.69 bits per heavy atom. The quantitative estimate of drug-likeness (QED) is 0.461. The number of amides is 1. The fourth-order valence-corrected chi connectivity index (χ4v) is 5.09. The number of hydrogen-bond acceptors (Lipinski definition) is 6. The molecule has 0 bridgehead atoms. The third-order valence-corrected chi connectivity index (χ3v) is 7.31. The molecule has 170 valence electrons. The maximum Gasteiger partial charge on any atom is 0.240 e. The Hall–Kier alpha value is -2.69. The van der Waals surface area contributed by atoms with Gasteiger partial charge in [0.15, 0.2) is 5.16 Å². The Balaban J connectivity index is 1.65. The number of nitrogens with zero attached hydrogens (tertiary/aromatic N) is 3.